The van der Waals surface area contributed by atoms with Crippen LogP contribution in [0.1, 0.15) is 65.2 Å². The van der Waals surface area contributed by atoms with Crippen molar-refractivity contribution in [2.75, 3.05) is 7.05 Å². The Labute approximate surface area is 112 Å². The van der Waals surface area contributed by atoms with Crippen LogP contribution in [0.15, 0.2) is 0 Å². The van der Waals surface area contributed by atoms with Gasteiger partial charge < -0.3 is 5.11 Å². The Hall–Kier alpha value is -0.570. The van der Waals surface area contributed by atoms with E-state index in [1.165, 1.54) is 32.1 Å². The smallest absolute Gasteiger partial charge is 0.320 e. The number of hydrogen-bond donors (Lipinski definition) is 1. The molecule has 1 rings (SSSR count). The molecule has 1 N–H and O–H groups in total. The summed E-state index contributed by atoms with van der Waals surface area (Å²) in [6.45, 7) is 4.38. The average molecular weight is 255 g/mol. The molecule has 1 saturated carbocycles. The molecule has 0 heterocycles. The van der Waals surface area contributed by atoms with Crippen LogP contribution in [0.2, 0.25) is 0 Å². The van der Waals surface area contributed by atoms with E-state index in [9.17, 15) is 9.90 Å². The number of unbranched alkanes of at least 4 members (excludes halogenated alkanes) is 1. The minimum absolute atomic E-state index is 0.284. The fourth-order valence-electron chi connectivity index (χ4n) is 3.11. The van der Waals surface area contributed by atoms with Gasteiger partial charge >= 0.3 is 5.97 Å². The van der Waals surface area contributed by atoms with Crippen molar-refractivity contribution < 1.29 is 9.90 Å². The Balaban J connectivity index is 2.50. The molecular formula is C15H29NO2. The molecule has 1 fully saturated rings. The molecular weight excluding hydrogens is 226 g/mol. The van der Waals surface area contributed by atoms with Gasteiger partial charge in [-0.2, -0.15) is 0 Å². The molecule has 3 nitrogen and oxygen atoms in total. The minimum atomic E-state index is -0.649. The third-order valence-electron chi connectivity index (χ3n) is 4.58. The molecule has 1 atom stereocenters. The lowest BCUT2D eigenvalue weighted by Gasteiger charge is -2.37. The Morgan fingerprint density at radius 3 is 2.33 bits per heavy atom. The first-order chi connectivity index (χ1) is 8.60. The van der Waals surface area contributed by atoms with E-state index in [2.05, 4.69) is 18.7 Å². The van der Waals surface area contributed by atoms with Crippen LogP contribution >= 0.6 is 0 Å². The lowest BCUT2D eigenvalue weighted by Crippen LogP contribution is -2.46. The molecule has 0 aromatic carbocycles. The van der Waals surface area contributed by atoms with Gasteiger partial charge in [-0.15, -0.1) is 0 Å². The van der Waals surface area contributed by atoms with E-state index in [1.807, 2.05) is 7.05 Å². The van der Waals surface area contributed by atoms with Gasteiger partial charge in [0.25, 0.3) is 0 Å². The van der Waals surface area contributed by atoms with Crippen molar-refractivity contribution in [1.82, 2.24) is 4.90 Å². The largest absolute Gasteiger partial charge is 0.480 e. The van der Waals surface area contributed by atoms with Crippen LogP contribution in [0.25, 0.3) is 0 Å². The first-order valence-electron chi connectivity index (χ1n) is 7.54. The molecule has 0 aromatic rings. The SMILES string of the molecule is CCCCC(C(=O)O)N(C)C1CCC(CC)CC1. The predicted molar refractivity (Wildman–Crippen MR) is 74.7 cm³/mol. The second-order valence-electron chi connectivity index (χ2n) is 5.74. The summed E-state index contributed by atoms with van der Waals surface area (Å²) in [6.07, 6.45) is 9.02. The highest BCUT2D eigenvalue weighted by Crippen LogP contribution is 2.30. The molecule has 0 radical (unpaired) electrons. The highest BCUT2D eigenvalue weighted by atomic mass is 16.4. The van der Waals surface area contributed by atoms with E-state index in [0.29, 0.717) is 6.04 Å². The summed E-state index contributed by atoms with van der Waals surface area (Å²) in [4.78, 5) is 13.5. The second kappa shape index (κ2) is 7.78. The van der Waals surface area contributed by atoms with Gasteiger partial charge in [-0.05, 0) is 45.1 Å². The fraction of sp³-hybridized carbons (Fsp3) is 0.933. The molecule has 18 heavy (non-hydrogen) atoms. The van der Waals surface area contributed by atoms with Crippen molar-refractivity contribution in [3.63, 3.8) is 0 Å². The summed E-state index contributed by atoms with van der Waals surface area (Å²) in [5.74, 6) is 0.220. The molecule has 0 amide bonds. The number of hydrogen-bond acceptors (Lipinski definition) is 2. The van der Waals surface area contributed by atoms with E-state index in [-0.39, 0.29) is 6.04 Å². The molecule has 1 aliphatic carbocycles. The van der Waals surface area contributed by atoms with Crippen molar-refractivity contribution in [3.05, 3.63) is 0 Å². The maximum absolute atomic E-state index is 11.4. The van der Waals surface area contributed by atoms with Gasteiger partial charge in [-0.1, -0.05) is 33.1 Å². The van der Waals surface area contributed by atoms with Crippen LogP contribution < -0.4 is 0 Å². The molecule has 0 saturated heterocycles. The Bertz CT molecular complexity index is 247. The summed E-state index contributed by atoms with van der Waals surface area (Å²) in [5.41, 5.74) is 0. The lowest BCUT2D eigenvalue weighted by molar-refractivity contribution is -0.144. The van der Waals surface area contributed by atoms with Gasteiger partial charge in [0.1, 0.15) is 6.04 Å². The van der Waals surface area contributed by atoms with E-state index >= 15 is 0 Å². The number of aliphatic carboxylic acids is 1. The minimum Gasteiger partial charge on any atom is -0.480 e. The number of nitrogens with zero attached hydrogens (tertiary/aromatic N) is 1. The Kier molecular flexibility index (Phi) is 6.69. The molecule has 3 heteroatoms. The zero-order valence-electron chi connectivity index (χ0n) is 12.2. The highest BCUT2D eigenvalue weighted by Gasteiger charge is 2.30. The maximum Gasteiger partial charge on any atom is 0.320 e. The van der Waals surface area contributed by atoms with Gasteiger partial charge in [0.15, 0.2) is 0 Å². The second-order valence-corrected chi connectivity index (χ2v) is 5.74. The van der Waals surface area contributed by atoms with Crippen molar-refractivity contribution in [1.29, 1.82) is 0 Å². The summed E-state index contributed by atoms with van der Waals surface area (Å²) in [5, 5.41) is 9.36. The fourth-order valence-corrected chi connectivity index (χ4v) is 3.11. The number of carboxylic acid groups (broad SMARTS) is 1. The number of likely N-dealkylation sites (N-methyl/N-ethyl adjacent to an activating group) is 1. The van der Waals surface area contributed by atoms with Gasteiger partial charge in [0.05, 0.1) is 0 Å². The topological polar surface area (TPSA) is 40.5 Å². The van der Waals surface area contributed by atoms with E-state index < -0.39 is 5.97 Å². The van der Waals surface area contributed by atoms with Crippen LogP contribution in [-0.2, 0) is 4.79 Å². The summed E-state index contributed by atoms with van der Waals surface area (Å²) >= 11 is 0. The van der Waals surface area contributed by atoms with Gasteiger partial charge in [0.2, 0.25) is 0 Å². The molecule has 106 valence electrons. The normalized spacial score (nSPS) is 26.2. The zero-order chi connectivity index (χ0) is 13.5. The van der Waals surface area contributed by atoms with Crippen molar-refractivity contribution in [2.24, 2.45) is 5.92 Å². The summed E-state index contributed by atoms with van der Waals surface area (Å²) in [6, 6.07) is 0.193. The molecule has 0 aromatic heterocycles. The standard InChI is InChI=1S/C15H29NO2/c1-4-6-7-14(15(17)18)16(3)13-10-8-12(5-2)9-11-13/h12-14H,4-11H2,1-3H3,(H,17,18). The monoisotopic (exact) mass is 255 g/mol. The third kappa shape index (κ3) is 4.27. The molecule has 0 bridgehead atoms. The Morgan fingerprint density at radius 1 is 1.28 bits per heavy atom. The highest BCUT2D eigenvalue weighted by molar-refractivity contribution is 5.73. The molecule has 1 unspecified atom stereocenters. The molecule has 0 aliphatic heterocycles. The Morgan fingerprint density at radius 2 is 1.89 bits per heavy atom. The summed E-state index contributed by atoms with van der Waals surface area (Å²) in [7, 11) is 2.01. The number of carboxylic acids is 1. The average Bonchev–Trinajstić information content (AvgIpc) is 2.38. The molecule has 0 spiro atoms. The maximum atomic E-state index is 11.4. The number of rotatable bonds is 7. The third-order valence-corrected chi connectivity index (χ3v) is 4.58. The van der Waals surface area contributed by atoms with Crippen LogP contribution in [0, 0.1) is 5.92 Å². The lowest BCUT2D eigenvalue weighted by atomic mass is 9.83. The number of carbonyl (C=O) groups is 1. The van der Waals surface area contributed by atoms with Crippen LogP contribution in [0.3, 0.4) is 0 Å². The van der Waals surface area contributed by atoms with Crippen molar-refractivity contribution >= 4 is 5.97 Å². The first-order valence-corrected chi connectivity index (χ1v) is 7.54. The van der Waals surface area contributed by atoms with Crippen LogP contribution in [-0.4, -0.2) is 35.1 Å². The van der Waals surface area contributed by atoms with Crippen LogP contribution in [0.5, 0.6) is 0 Å². The summed E-state index contributed by atoms with van der Waals surface area (Å²) < 4.78 is 0. The zero-order valence-corrected chi connectivity index (χ0v) is 12.2. The predicted octanol–water partition coefficient (Wildman–Crippen LogP) is 3.53. The van der Waals surface area contributed by atoms with Crippen molar-refractivity contribution in [2.45, 2.75) is 77.3 Å². The van der Waals surface area contributed by atoms with Gasteiger partial charge in [0, 0.05) is 6.04 Å². The van der Waals surface area contributed by atoms with Gasteiger partial charge in [-0.3, -0.25) is 9.69 Å². The van der Waals surface area contributed by atoms with E-state index in [0.717, 1.165) is 25.2 Å². The van der Waals surface area contributed by atoms with E-state index in [4.69, 9.17) is 0 Å². The van der Waals surface area contributed by atoms with E-state index in [1.54, 1.807) is 0 Å². The van der Waals surface area contributed by atoms with Crippen LogP contribution in [0.4, 0.5) is 0 Å². The van der Waals surface area contributed by atoms with Gasteiger partial charge in [-0.25, -0.2) is 0 Å². The van der Waals surface area contributed by atoms with Crippen molar-refractivity contribution in [3.8, 4) is 0 Å². The molecule has 1 aliphatic rings. The quantitative estimate of drug-likeness (QED) is 0.756. The first kappa shape index (κ1) is 15.5.